The highest BCUT2D eigenvalue weighted by molar-refractivity contribution is 7.91. The van der Waals surface area contributed by atoms with Gasteiger partial charge in [0.15, 0.2) is 5.76 Å². The molecule has 0 unspecified atom stereocenters. The predicted octanol–water partition coefficient (Wildman–Crippen LogP) is 2.96. The molecule has 8 heteroatoms. The standard InChI is InChI=1S/C17H23N3O3S2/c1-13-10-16(23-18-13)14-11-17(24-12-14)25(21,22)20-8-4-15(5-9-20)19-6-2-3-7-19/h10-12,15H,2-9H2,1H3. The van der Waals surface area contributed by atoms with Gasteiger partial charge in [-0.3, -0.25) is 0 Å². The van der Waals surface area contributed by atoms with E-state index in [1.165, 1.54) is 37.3 Å². The predicted molar refractivity (Wildman–Crippen MR) is 97.1 cm³/mol. The first-order valence-electron chi connectivity index (χ1n) is 8.80. The van der Waals surface area contributed by atoms with Crippen LogP contribution in [0.2, 0.25) is 0 Å². The molecule has 0 spiro atoms. The van der Waals surface area contributed by atoms with Crippen LogP contribution in [0.1, 0.15) is 31.4 Å². The van der Waals surface area contributed by atoms with Crippen LogP contribution < -0.4 is 0 Å². The lowest BCUT2D eigenvalue weighted by Gasteiger charge is -2.35. The number of hydrogen-bond acceptors (Lipinski definition) is 6. The second-order valence-electron chi connectivity index (χ2n) is 6.87. The largest absolute Gasteiger partial charge is 0.356 e. The summed E-state index contributed by atoms with van der Waals surface area (Å²) in [7, 11) is -3.42. The van der Waals surface area contributed by atoms with Gasteiger partial charge in [0.1, 0.15) is 4.21 Å². The van der Waals surface area contributed by atoms with Crippen molar-refractivity contribution in [1.82, 2.24) is 14.4 Å². The molecule has 2 aliphatic rings. The van der Waals surface area contributed by atoms with Crippen LogP contribution in [0.4, 0.5) is 0 Å². The Morgan fingerprint density at radius 1 is 1.16 bits per heavy atom. The topological polar surface area (TPSA) is 66.7 Å². The smallest absolute Gasteiger partial charge is 0.252 e. The van der Waals surface area contributed by atoms with E-state index in [9.17, 15) is 8.42 Å². The van der Waals surface area contributed by atoms with Crippen LogP contribution in [0.15, 0.2) is 26.2 Å². The third kappa shape index (κ3) is 3.40. The lowest BCUT2D eigenvalue weighted by Crippen LogP contribution is -2.45. The molecule has 4 heterocycles. The van der Waals surface area contributed by atoms with Crippen molar-refractivity contribution < 1.29 is 12.9 Å². The lowest BCUT2D eigenvalue weighted by atomic mass is 10.1. The Labute approximate surface area is 152 Å². The van der Waals surface area contributed by atoms with Crippen LogP contribution in [-0.2, 0) is 10.0 Å². The fourth-order valence-electron chi connectivity index (χ4n) is 3.76. The van der Waals surface area contributed by atoms with Crippen LogP contribution >= 0.6 is 11.3 Å². The number of thiophene rings is 1. The molecule has 0 saturated carbocycles. The van der Waals surface area contributed by atoms with Crippen molar-refractivity contribution in [2.24, 2.45) is 0 Å². The van der Waals surface area contributed by atoms with Gasteiger partial charge in [-0.2, -0.15) is 4.31 Å². The van der Waals surface area contributed by atoms with Crippen molar-refractivity contribution in [3.63, 3.8) is 0 Å². The van der Waals surface area contributed by atoms with Gasteiger partial charge in [0, 0.05) is 36.1 Å². The van der Waals surface area contributed by atoms with Crippen LogP contribution in [0.5, 0.6) is 0 Å². The summed E-state index contributed by atoms with van der Waals surface area (Å²) in [5.74, 6) is 0.614. The molecule has 2 aliphatic heterocycles. The third-order valence-corrected chi connectivity index (χ3v) is 8.48. The van der Waals surface area contributed by atoms with E-state index in [2.05, 4.69) is 10.1 Å². The SMILES string of the molecule is Cc1cc(-c2csc(S(=O)(=O)N3CCC(N4CCCC4)CC3)c2)on1. The number of hydrogen-bond donors (Lipinski definition) is 0. The van der Waals surface area contributed by atoms with E-state index in [0.29, 0.717) is 29.1 Å². The molecular formula is C17H23N3O3S2. The van der Waals surface area contributed by atoms with Gasteiger partial charge in [-0.25, -0.2) is 8.42 Å². The van der Waals surface area contributed by atoms with Gasteiger partial charge in [0.05, 0.1) is 5.69 Å². The van der Waals surface area contributed by atoms with E-state index in [-0.39, 0.29) is 0 Å². The molecule has 2 fully saturated rings. The molecule has 25 heavy (non-hydrogen) atoms. The first-order chi connectivity index (χ1) is 12.0. The molecule has 0 aromatic carbocycles. The molecule has 2 aromatic heterocycles. The Bertz CT molecular complexity index is 829. The van der Waals surface area contributed by atoms with Crippen molar-refractivity contribution in [1.29, 1.82) is 0 Å². The molecule has 0 amide bonds. The maximum Gasteiger partial charge on any atom is 0.252 e. The second-order valence-corrected chi connectivity index (χ2v) is 9.94. The Balaban J connectivity index is 1.46. The van der Waals surface area contributed by atoms with Gasteiger partial charge in [-0.1, -0.05) is 5.16 Å². The van der Waals surface area contributed by atoms with Gasteiger partial charge in [0.25, 0.3) is 10.0 Å². The number of rotatable bonds is 4. The Morgan fingerprint density at radius 3 is 2.52 bits per heavy atom. The number of nitrogens with zero attached hydrogens (tertiary/aromatic N) is 3. The molecule has 0 aliphatic carbocycles. The second kappa shape index (κ2) is 6.83. The zero-order chi connectivity index (χ0) is 17.4. The minimum Gasteiger partial charge on any atom is -0.356 e. The van der Waals surface area contributed by atoms with Crippen LogP contribution in [-0.4, -0.2) is 55.0 Å². The quantitative estimate of drug-likeness (QED) is 0.815. The zero-order valence-electron chi connectivity index (χ0n) is 14.3. The highest BCUT2D eigenvalue weighted by Gasteiger charge is 2.33. The number of aryl methyl sites for hydroxylation is 1. The summed E-state index contributed by atoms with van der Waals surface area (Å²) < 4.78 is 33.1. The maximum atomic E-state index is 12.9. The zero-order valence-corrected chi connectivity index (χ0v) is 16.0. The molecule has 6 nitrogen and oxygen atoms in total. The molecule has 0 N–H and O–H groups in total. The van der Waals surface area contributed by atoms with Crippen molar-refractivity contribution in [3.8, 4) is 11.3 Å². The first-order valence-corrected chi connectivity index (χ1v) is 11.1. The molecule has 0 radical (unpaired) electrons. The summed E-state index contributed by atoms with van der Waals surface area (Å²) in [6, 6.07) is 4.07. The summed E-state index contributed by atoms with van der Waals surface area (Å²) in [4.78, 5) is 2.53. The lowest BCUT2D eigenvalue weighted by molar-refractivity contribution is 0.168. The van der Waals surface area contributed by atoms with Crippen LogP contribution in [0.3, 0.4) is 0 Å². The average Bonchev–Trinajstić information content (AvgIpc) is 3.36. The summed E-state index contributed by atoms with van der Waals surface area (Å²) in [6.45, 7) is 5.41. The van der Waals surface area contributed by atoms with E-state index >= 15 is 0 Å². The summed E-state index contributed by atoms with van der Waals surface area (Å²) in [6.07, 6.45) is 4.41. The normalized spacial score (nSPS) is 21.2. The van der Waals surface area contributed by atoms with E-state index in [1.54, 1.807) is 10.4 Å². The van der Waals surface area contributed by atoms with Crippen LogP contribution in [0.25, 0.3) is 11.3 Å². The monoisotopic (exact) mass is 381 g/mol. The molecule has 2 saturated heterocycles. The molecular weight excluding hydrogens is 358 g/mol. The molecule has 0 bridgehead atoms. The highest BCUT2D eigenvalue weighted by atomic mass is 32.2. The van der Waals surface area contributed by atoms with Gasteiger partial charge in [-0.05, 0) is 51.8 Å². The van der Waals surface area contributed by atoms with Crippen molar-refractivity contribution in [2.45, 2.75) is 42.9 Å². The summed E-state index contributed by atoms with van der Waals surface area (Å²) in [5.41, 5.74) is 1.56. The molecule has 136 valence electrons. The minimum atomic E-state index is -3.42. The van der Waals surface area contributed by atoms with E-state index in [1.807, 2.05) is 18.4 Å². The van der Waals surface area contributed by atoms with Gasteiger partial charge >= 0.3 is 0 Å². The minimum absolute atomic E-state index is 0.385. The van der Waals surface area contributed by atoms with Crippen molar-refractivity contribution in [3.05, 3.63) is 23.2 Å². The van der Waals surface area contributed by atoms with Crippen molar-refractivity contribution in [2.75, 3.05) is 26.2 Å². The fourth-order valence-corrected chi connectivity index (χ4v) is 6.55. The summed E-state index contributed by atoms with van der Waals surface area (Å²) in [5, 5.41) is 5.69. The van der Waals surface area contributed by atoms with E-state index in [4.69, 9.17) is 4.52 Å². The van der Waals surface area contributed by atoms with Gasteiger partial charge in [-0.15, -0.1) is 11.3 Å². The molecule has 2 aromatic rings. The summed E-state index contributed by atoms with van der Waals surface area (Å²) >= 11 is 1.25. The third-order valence-electron chi connectivity index (χ3n) is 5.16. The first kappa shape index (κ1) is 17.2. The van der Waals surface area contributed by atoms with Gasteiger partial charge in [0.2, 0.25) is 0 Å². The van der Waals surface area contributed by atoms with E-state index in [0.717, 1.165) is 24.1 Å². The number of piperidine rings is 1. The highest BCUT2D eigenvalue weighted by Crippen LogP contribution is 2.32. The Kier molecular flexibility index (Phi) is 4.70. The van der Waals surface area contributed by atoms with Gasteiger partial charge < -0.3 is 9.42 Å². The fraction of sp³-hybridized carbons (Fsp3) is 0.588. The Morgan fingerprint density at radius 2 is 1.88 bits per heavy atom. The number of sulfonamides is 1. The van der Waals surface area contributed by atoms with E-state index < -0.39 is 10.0 Å². The average molecular weight is 382 g/mol. The Hall–Kier alpha value is -1.22. The van der Waals surface area contributed by atoms with Crippen molar-refractivity contribution >= 4 is 21.4 Å². The number of likely N-dealkylation sites (tertiary alicyclic amines) is 1. The molecule has 0 atom stereocenters. The number of aromatic nitrogens is 1. The van der Waals surface area contributed by atoms with Crippen LogP contribution in [0, 0.1) is 6.92 Å². The molecule has 4 rings (SSSR count). The maximum absolute atomic E-state index is 12.9.